The average molecular weight is 272 g/mol. The van der Waals surface area contributed by atoms with Crippen LogP contribution in [0.15, 0.2) is 0 Å². The van der Waals surface area contributed by atoms with Crippen LogP contribution in [-0.2, 0) is 40.1 Å². The highest BCUT2D eigenvalue weighted by molar-refractivity contribution is 7.81. The molecular formula is C8H16O6S2. The lowest BCUT2D eigenvalue weighted by Crippen LogP contribution is -2.06. The van der Waals surface area contributed by atoms with Gasteiger partial charge in [-0.05, 0) is 13.8 Å². The van der Waals surface area contributed by atoms with E-state index in [4.69, 9.17) is 0 Å². The highest BCUT2D eigenvalue weighted by Crippen LogP contribution is 1.81. The summed E-state index contributed by atoms with van der Waals surface area (Å²) >= 11 is -2.81. The summed E-state index contributed by atoms with van der Waals surface area (Å²) in [4.78, 5) is 20.3. The fourth-order valence-electron chi connectivity index (χ4n) is 0.450. The van der Waals surface area contributed by atoms with E-state index in [1.165, 1.54) is 28.1 Å². The Morgan fingerprint density at radius 2 is 1.12 bits per heavy atom. The Labute approximate surface area is 100 Å². The summed E-state index contributed by atoms with van der Waals surface area (Å²) in [5, 5.41) is 0. The fraction of sp³-hybridized carbons (Fsp3) is 0.750. The Bertz CT molecular complexity index is 248. The molecule has 0 aliphatic carbocycles. The molecule has 0 amide bonds. The third-order valence-corrected chi connectivity index (χ3v) is 3.04. The van der Waals surface area contributed by atoms with E-state index in [1.54, 1.807) is 0 Å². The second-order valence-corrected chi connectivity index (χ2v) is 5.09. The maximum Gasteiger partial charge on any atom is 0.162 e. The summed E-state index contributed by atoms with van der Waals surface area (Å²) in [5.74, 6) is -0.247. The van der Waals surface area contributed by atoms with E-state index >= 15 is 0 Å². The Kier molecular flexibility index (Phi) is 12.4. The number of rotatable bonds is 6. The minimum Gasteiger partial charge on any atom is -0.299 e. The van der Waals surface area contributed by atoms with E-state index < -0.39 is 22.2 Å². The molecule has 0 spiro atoms. The summed E-state index contributed by atoms with van der Waals surface area (Å²) in [6.07, 6.45) is 0. The van der Waals surface area contributed by atoms with Crippen molar-refractivity contribution in [3.05, 3.63) is 0 Å². The van der Waals surface area contributed by atoms with E-state index in [0.29, 0.717) is 0 Å². The molecule has 0 aromatic rings. The molecule has 0 aliphatic rings. The van der Waals surface area contributed by atoms with Crippen molar-refractivity contribution in [1.82, 2.24) is 0 Å². The first-order chi connectivity index (χ1) is 7.33. The van der Waals surface area contributed by atoms with E-state index in [9.17, 15) is 18.0 Å². The van der Waals surface area contributed by atoms with Gasteiger partial charge >= 0.3 is 0 Å². The Morgan fingerprint density at radius 3 is 1.19 bits per heavy atom. The zero-order valence-corrected chi connectivity index (χ0v) is 11.3. The molecular weight excluding hydrogens is 256 g/mol. The molecule has 2 atom stereocenters. The molecule has 8 heteroatoms. The molecule has 0 saturated heterocycles. The zero-order chi connectivity index (χ0) is 13.1. The first-order valence-electron chi connectivity index (χ1n) is 4.18. The fourth-order valence-corrected chi connectivity index (χ4v) is 1.35. The van der Waals surface area contributed by atoms with Gasteiger partial charge < -0.3 is 0 Å². The van der Waals surface area contributed by atoms with Crippen molar-refractivity contribution in [2.75, 3.05) is 25.7 Å². The number of carbonyl (C=O) groups is 2. The third-order valence-electron chi connectivity index (χ3n) is 1.01. The average Bonchev–Trinajstić information content (AvgIpc) is 2.16. The van der Waals surface area contributed by atoms with E-state index in [2.05, 4.69) is 8.37 Å². The van der Waals surface area contributed by atoms with Crippen LogP contribution in [0.5, 0.6) is 0 Å². The number of hydrogen-bond donors (Lipinski definition) is 0. The van der Waals surface area contributed by atoms with Gasteiger partial charge in [-0.3, -0.25) is 18.0 Å². The highest BCUT2D eigenvalue weighted by Gasteiger charge is 1.99. The van der Waals surface area contributed by atoms with Crippen LogP contribution in [-0.4, -0.2) is 45.7 Å². The van der Waals surface area contributed by atoms with Crippen LogP contribution in [0.4, 0.5) is 0 Å². The van der Waals surface area contributed by atoms with Crippen molar-refractivity contribution >= 4 is 33.7 Å². The largest absolute Gasteiger partial charge is 0.299 e. The van der Waals surface area contributed by atoms with Crippen molar-refractivity contribution in [2.24, 2.45) is 0 Å². The van der Waals surface area contributed by atoms with Crippen molar-refractivity contribution in [3.8, 4) is 0 Å². The molecule has 0 aromatic carbocycles. The minimum absolute atomic E-state index is 0.00347. The summed E-state index contributed by atoms with van der Waals surface area (Å²) in [7, 11) is 2.61. The van der Waals surface area contributed by atoms with Gasteiger partial charge in [0.15, 0.2) is 22.2 Å². The zero-order valence-electron chi connectivity index (χ0n) is 9.68. The molecule has 0 heterocycles. The minimum atomic E-state index is -1.41. The van der Waals surface area contributed by atoms with Gasteiger partial charge in [-0.25, -0.2) is 8.42 Å². The Hall–Kier alpha value is -0.440. The number of Topliss-reactive ketones (excluding diaryl/α,β-unsaturated/α-hetero) is 2. The maximum absolute atomic E-state index is 10.3. The molecule has 96 valence electrons. The van der Waals surface area contributed by atoms with Crippen LogP contribution in [0.25, 0.3) is 0 Å². The molecule has 0 saturated carbocycles. The van der Waals surface area contributed by atoms with Crippen LogP contribution < -0.4 is 0 Å². The van der Waals surface area contributed by atoms with Gasteiger partial charge in [-0.15, -0.1) is 0 Å². The van der Waals surface area contributed by atoms with Crippen LogP contribution in [0.1, 0.15) is 13.8 Å². The van der Waals surface area contributed by atoms with Gasteiger partial charge in [0.05, 0.1) is 14.2 Å². The molecule has 6 nitrogen and oxygen atoms in total. The lowest BCUT2D eigenvalue weighted by atomic mass is 10.5. The van der Waals surface area contributed by atoms with Crippen LogP contribution in [0.2, 0.25) is 0 Å². The molecule has 0 fully saturated rings. The number of ketones is 2. The standard InChI is InChI=1S/2C4H8O3S/c2*1-4(5)3-8(6)7-2/h2*3H2,1-2H3. The van der Waals surface area contributed by atoms with Gasteiger partial charge in [0.2, 0.25) is 0 Å². The molecule has 0 rings (SSSR count). The molecule has 0 aromatic heterocycles. The van der Waals surface area contributed by atoms with Gasteiger partial charge in [-0.1, -0.05) is 0 Å². The van der Waals surface area contributed by atoms with Gasteiger partial charge in [0.1, 0.15) is 23.1 Å². The first-order valence-corrected chi connectivity index (χ1v) is 6.66. The van der Waals surface area contributed by atoms with Gasteiger partial charge in [0.25, 0.3) is 0 Å². The predicted octanol–water partition coefficient (Wildman–Crippen LogP) is -0.229. The van der Waals surface area contributed by atoms with E-state index in [0.717, 1.165) is 0 Å². The SMILES string of the molecule is COS(=O)CC(C)=O.COS(=O)CC(C)=O. The monoisotopic (exact) mass is 272 g/mol. The third kappa shape index (κ3) is 16.0. The molecule has 0 bridgehead atoms. The van der Waals surface area contributed by atoms with Crippen LogP contribution in [0, 0.1) is 0 Å². The second kappa shape index (κ2) is 11.1. The van der Waals surface area contributed by atoms with Crippen molar-refractivity contribution < 1.29 is 26.4 Å². The summed E-state index contributed by atoms with van der Waals surface area (Å²) in [5.41, 5.74) is 0. The Balaban J connectivity index is 0. The normalized spacial score (nSPS) is 13.2. The van der Waals surface area contributed by atoms with Gasteiger partial charge in [-0.2, -0.15) is 0 Å². The van der Waals surface area contributed by atoms with Crippen molar-refractivity contribution in [2.45, 2.75) is 13.8 Å². The first kappa shape index (κ1) is 17.9. The summed E-state index contributed by atoms with van der Waals surface area (Å²) < 4.78 is 29.2. The predicted molar refractivity (Wildman–Crippen MR) is 61.4 cm³/mol. The van der Waals surface area contributed by atoms with Crippen molar-refractivity contribution in [3.63, 3.8) is 0 Å². The molecule has 16 heavy (non-hydrogen) atoms. The highest BCUT2D eigenvalue weighted by atomic mass is 32.2. The van der Waals surface area contributed by atoms with E-state index in [1.807, 2.05) is 0 Å². The topological polar surface area (TPSA) is 86.7 Å². The molecule has 0 N–H and O–H groups in total. The smallest absolute Gasteiger partial charge is 0.162 e. The van der Waals surface area contributed by atoms with Crippen LogP contribution in [0.3, 0.4) is 0 Å². The van der Waals surface area contributed by atoms with Crippen molar-refractivity contribution in [1.29, 1.82) is 0 Å². The second-order valence-electron chi connectivity index (χ2n) is 2.63. The van der Waals surface area contributed by atoms with Crippen LogP contribution >= 0.6 is 0 Å². The molecule has 0 radical (unpaired) electrons. The summed E-state index contributed by atoms with van der Waals surface area (Å²) in [6, 6.07) is 0. The number of hydrogen-bond acceptors (Lipinski definition) is 6. The lowest BCUT2D eigenvalue weighted by molar-refractivity contribution is -0.115. The molecule has 0 aliphatic heterocycles. The summed E-state index contributed by atoms with van der Waals surface area (Å²) in [6.45, 7) is 2.74. The van der Waals surface area contributed by atoms with Gasteiger partial charge in [0, 0.05) is 0 Å². The maximum atomic E-state index is 10.3. The number of carbonyl (C=O) groups excluding carboxylic acids is 2. The molecule has 2 unspecified atom stereocenters. The van der Waals surface area contributed by atoms with E-state index in [-0.39, 0.29) is 23.1 Å². The quantitative estimate of drug-likeness (QED) is 0.664. The lowest BCUT2D eigenvalue weighted by Gasteiger charge is -1.90. The Morgan fingerprint density at radius 1 is 0.875 bits per heavy atom.